The van der Waals surface area contributed by atoms with Crippen molar-refractivity contribution in [3.63, 3.8) is 0 Å². The summed E-state index contributed by atoms with van der Waals surface area (Å²) >= 11 is 0. The summed E-state index contributed by atoms with van der Waals surface area (Å²) in [6.45, 7) is 0. The van der Waals surface area contributed by atoms with E-state index >= 15 is 0 Å². The topological polar surface area (TPSA) is 38.7 Å². The first-order chi connectivity index (χ1) is 31.8. The first-order valence-corrected chi connectivity index (χ1v) is 19.9. The van der Waals surface area contributed by atoms with Gasteiger partial charge in [0, 0.05) is 16.7 Å². The minimum Gasteiger partial charge on any atom is -0.208 e. The van der Waals surface area contributed by atoms with E-state index in [1.54, 1.807) is 0 Å². The lowest BCUT2D eigenvalue weighted by molar-refractivity contribution is 1.07. The van der Waals surface area contributed by atoms with Gasteiger partial charge in [-0.15, -0.1) is 0 Å². The first kappa shape index (κ1) is 30.1. The van der Waals surface area contributed by atoms with Gasteiger partial charge in [0.25, 0.3) is 0 Å². The molecule has 0 N–H and O–H groups in total. The van der Waals surface area contributed by atoms with E-state index in [1.165, 1.54) is 0 Å². The molecule has 0 aliphatic heterocycles. The Bertz CT molecular complexity index is 3620. The van der Waals surface area contributed by atoms with Gasteiger partial charge in [0.2, 0.25) is 0 Å². The van der Waals surface area contributed by atoms with Gasteiger partial charge in [-0.1, -0.05) is 188 Å². The van der Waals surface area contributed by atoms with Crippen LogP contribution in [-0.2, 0) is 0 Å². The molecule has 0 fully saturated rings. The van der Waals surface area contributed by atoms with Gasteiger partial charge >= 0.3 is 0 Å². The normalized spacial score (nSPS) is 12.5. The molecule has 280 valence electrons. The molecule has 0 aliphatic rings. The van der Waals surface area contributed by atoms with Crippen LogP contribution in [0.2, 0.25) is 0 Å². The first-order valence-electron chi connectivity index (χ1n) is 22.4. The summed E-state index contributed by atoms with van der Waals surface area (Å²) in [6, 6.07) is 64.0. The van der Waals surface area contributed by atoms with Crippen LogP contribution in [-0.4, -0.2) is 15.0 Å². The van der Waals surface area contributed by atoms with Crippen molar-refractivity contribution in [3.8, 4) is 78.7 Å². The Balaban J connectivity index is 1.12. The summed E-state index contributed by atoms with van der Waals surface area (Å²) in [5.74, 6) is 1.32. The van der Waals surface area contributed by atoms with Gasteiger partial charge in [0.15, 0.2) is 17.5 Å². The second-order valence-corrected chi connectivity index (χ2v) is 14.9. The van der Waals surface area contributed by atoms with Crippen molar-refractivity contribution in [3.05, 3.63) is 224 Å². The molecule has 0 radical (unpaired) electrons. The minimum atomic E-state index is -0.447. The lowest BCUT2D eigenvalue weighted by atomic mass is 9.93. The van der Waals surface area contributed by atoms with Crippen LogP contribution in [0.4, 0.5) is 0 Å². The molecule has 0 unspecified atom stereocenters. The number of benzene rings is 10. The molecule has 0 saturated heterocycles. The number of fused-ring (bicyclic) bond motifs is 4. The highest BCUT2D eigenvalue weighted by atomic mass is 15.0. The molecule has 10 aromatic carbocycles. The van der Waals surface area contributed by atoms with Crippen LogP contribution in [0.3, 0.4) is 0 Å². The smallest absolute Gasteiger partial charge is 0.164 e. The maximum atomic E-state index is 9.00. The van der Waals surface area contributed by atoms with Crippen LogP contribution < -0.4 is 0 Å². The minimum absolute atomic E-state index is 0.0970. The van der Waals surface area contributed by atoms with Crippen molar-refractivity contribution in [2.75, 3.05) is 0 Å². The molecule has 60 heavy (non-hydrogen) atoms. The Hall–Kier alpha value is -8.01. The molecule has 0 bridgehead atoms. The average Bonchev–Trinajstić information content (AvgIpc) is 3.37. The summed E-state index contributed by atoms with van der Waals surface area (Å²) in [6.07, 6.45) is 0. The fraction of sp³-hybridized carbons (Fsp3) is 0. The zero-order valence-corrected chi connectivity index (χ0v) is 32.3. The molecule has 3 nitrogen and oxygen atoms in total. The molecule has 11 aromatic rings. The summed E-state index contributed by atoms with van der Waals surface area (Å²) < 4.78 is 43.5. The van der Waals surface area contributed by atoms with Gasteiger partial charge in [-0.2, -0.15) is 0 Å². The van der Waals surface area contributed by atoms with Crippen molar-refractivity contribution in [1.82, 2.24) is 15.0 Å². The summed E-state index contributed by atoms with van der Waals surface area (Å²) in [5, 5.41) is 6.54. The molecular formula is C57H37N3. The highest BCUT2D eigenvalue weighted by Gasteiger charge is 2.16. The van der Waals surface area contributed by atoms with Crippen LogP contribution in [0.15, 0.2) is 224 Å². The molecule has 11 rings (SSSR count). The molecular weight excluding hydrogens is 727 g/mol. The quantitative estimate of drug-likeness (QED) is 0.152. The SMILES string of the molecule is [2H]c1c([2H])c([2H])c(-c2cc(-c3ccc4cc(-c5ccccc5)ccc4c3)cc(-c3nc(-c4ccc(-c5ccccc5)cc4)nc(-c4ccc5ccc6ccccc6c5c4)n3)c2)c([2H])c1[2H]. The molecule has 0 amide bonds. The van der Waals surface area contributed by atoms with Gasteiger partial charge in [0.05, 0.1) is 6.85 Å². The maximum Gasteiger partial charge on any atom is 0.164 e. The largest absolute Gasteiger partial charge is 0.208 e. The molecule has 0 spiro atoms. The lowest BCUT2D eigenvalue weighted by Crippen LogP contribution is -2.01. The Morgan fingerprint density at radius 3 is 1.37 bits per heavy atom. The van der Waals surface area contributed by atoms with E-state index in [1.807, 2.05) is 84.9 Å². The highest BCUT2D eigenvalue weighted by Crippen LogP contribution is 2.36. The molecule has 3 heteroatoms. The summed E-state index contributed by atoms with van der Waals surface area (Å²) in [5.41, 5.74) is 8.82. The van der Waals surface area contributed by atoms with Crippen molar-refractivity contribution < 1.29 is 6.85 Å². The molecule has 1 aromatic heterocycles. The van der Waals surface area contributed by atoms with Crippen molar-refractivity contribution in [1.29, 1.82) is 0 Å². The van der Waals surface area contributed by atoms with E-state index in [-0.39, 0.29) is 17.6 Å². The van der Waals surface area contributed by atoms with Gasteiger partial charge in [0.1, 0.15) is 0 Å². The number of hydrogen-bond acceptors (Lipinski definition) is 3. The third-order valence-electron chi connectivity index (χ3n) is 11.2. The van der Waals surface area contributed by atoms with Gasteiger partial charge in [-0.3, -0.25) is 0 Å². The van der Waals surface area contributed by atoms with Crippen LogP contribution in [0, 0.1) is 0 Å². The fourth-order valence-electron chi connectivity index (χ4n) is 8.04. The third kappa shape index (κ3) is 6.78. The Morgan fingerprint density at radius 2 is 0.683 bits per heavy atom. The van der Waals surface area contributed by atoms with Crippen molar-refractivity contribution in [2.24, 2.45) is 0 Å². The molecule has 0 aliphatic carbocycles. The second kappa shape index (κ2) is 15.1. The van der Waals surface area contributed by atoms with Crippen LogP contribution in [0.5, 0.6) is 0 Å². The van der Waals surface area contributed by atoms with Crippen LogP contribution >= 0.6 is 0 Å². The van der Waals surface area contributed by atoms with E-state index in [2.05, 4.69) is 109 Å². The van der Waals surface area contributed by atoms with E-state index in [0.717, 1.165) is 76.8 Å². The lowest BCUT2D eigenvalue weighted by Gasteiger charge is -2.14. The Morgan fingerprint density at radius 1 is 0.250 bits per heavy atom. The van der Waals surface area contributed by atoms with E-state index in [9.17, 15) is 0 Å². The van der Waals surface area contributed by atoms with Crippen molar-refractivity contribution >= 4 is 32.3 Å². The Kier molecular flexibility index (Phi) is 7.56. The van der Waals surface area contributed by atoms with Crippen molar-refractivity contribution in [2.45, 2.75) is 0 Å². The molecule has 0 saturated carbocycles. The number of hydrogen-bond donors (Lipinski definition) is 0. The van der Waals surface area contributed by atoms with Gasteiger partial charge in [-0.25, -0.2) is 15.0 Å². The zero-order valence-electron chi connectivity index (χ0n) is 37.3. The zero-order chi connectivity index (χ0) is 44.2. The summed E-state index contributed by atoms with van der Waals surface area (Å²) in [4.78, 5) is 15.5. The fourth-order valence-corrected chi connectivity index (χ4v) is 8.04. The van der Waals surface area contributed by atoms with E-state index < -0.39 is 18.1 Å². The third-order valence-corrected chi connectivity index (χ3v) is 11.2. The summed E-state index contributed by atoms with van der Waals surface area (Å²) in [7, 11) is 0. The standard InChI is InChI=1S/C57H37N3/c1-4-12-38(13-5-1)41-20-25-44(26-21-41)55-58-56(49-31-24-43-23-22-42-18-10-11-19-53(42)54(43)37-49)60-57(59-55)52-35-50(40-16-8-3-9-17-40)34-51(36-52)48-30-29-46-32-45(27-28-47(46)33-48)39-14-6-2-7-15-39/h1-37H/i3D,8D,9D,16D,17D. The molecule has 1 heterocycles. The monoisotopic (exact) mass is 768 g/mol. The molecule has 0 atom stereocenters. The average molecular weight is 769 g/mol. The highest BCUT2D eigenvalue weighted by molar-refractivity contribution is 6.08. The predicted octanol–water partition coefficient (Wildman–Crippen LogP) is 15.0. The predicted molar refractivity (Wildman–Crippen MR) is 250 cm³/mol. The van der Waals surface area contributed by atoms with E-state index in [0.29, 0.717) is 28.6 Å². The van der Waals surface area contributed by atoms with Gasteiger partial charge < -0.3 is 0 Å². The number of aromatic nitrogens is 3. The Labute approximate surface area is 356 Å². The van der Waals surface area contributed by atoms with Crippen LogP contribution in [0.25, 0.3) is 111 Å². The second-order valence-electron chi connectivity index (χ2n) is 14.9. The van der Waals surface area contributed by atoms with Crippen LogP contribution in [0.1, 0.15) is 6.85 Å². The number of nitrogens with zero attached hydrogens (tertiary/aromatic N) is 3. The van der Waals surface area contributed by atoms with E-state index in [4.69, 9.17) is 21.8 Å². The van der Waals surface area contributed by atoms with Gasteiger partial charge in [-0.05, 0) is 113 Å². The maximum absolute atomic E-state index is 9.00. The number of rotatable bonds is 7.